The first-order valence-corrected chi connectivity index (χ1v) is 7.06. The van der Waals surface area contributed by atoms with Crippen LogP contribution in [0, 0.1) is 6.92 Å². The number of carbonyl (C=O) groups excluding carboxylic acids is 1. The van der Waals surface area contributed by atoms with Crippen molar-refractivity contribution in [3.05, 3.63) is 35.6 Å². The van der Waals surface area contributed by atoms with Crippen LogP contribution in [0.15, 0.2) is 28.8 Å². The molecule has 0 unspecified atom stereocenters. The Morgan fingerprint density at radius 2 is 1.95 bits per heavy atom. The van der Waals surface area contributed by atoms with Crippen LogP contribution in [-0.4, -0.2) is 25.3 Å². The summed E-state index contributed by atoms with van der Waals surface area (Å²) in [5, 5.41) is 6.61. The number of ether oxygens (including phenoxy) is 2. The molecule has 3 rings (SSSR count). The minimum Gasteiger partial charge on any atom is -0.493 e. The van der Waals surface area contributed by atoms with Gasteiger partial charge >= 0.3 is 0 Å². The number of nitrogens with zero attached hydrogens (tertiary/aromatic N) is 1. The molecule has 0 aliphatic heterocycles. The van der Waals surface area contributed by atoms with Crippen molar-refractivity contribution < 1.29 is 18.8 Å². The number of hydrogen-bond donors (Lipinski definition) is 1. The Morgan fingerprint density at radius 3 is 2.50 bits per heavy atom. The van der Waals surface area contributed by atoms with E-state index in [1.807, 2.05) is 18.2 Å². The van der Waals surface area contributed by atoms with E-state index in [4.69, 9.17) is 14.0 Å². The van der Waals surface area contributed by atoms with E-state index >= 15 is 0 Å². The minimum absolute atomic E-state index is 0.0759. The Balaban J connectivity index is 1.85. The molecule has 0 bridgehead atoms. The van der Waals surface area contributed by atoms with Crippen molar-refractivity contribution in [3.8, 4) is 11.5 Å². The second-order valence-corrected chi connectivity index (χ2v) is 5.43. The SMILES string of the molecule is COc1ccc(C2(C(=O)Nc3cc(C)on3)CC2)cc1OC. The standard InChI is InChI=1S/C16H18N2O4/c1-10-8-14(18-22-10)17-15(19)16(6-7-16)11-4-5-12(20-2)13(9-11)21-3/h4-5,8-9H,6-7H2,1-3H3,(H,17,18,19). The summed E-state index contributed by atoms with van der Waals surface area (Å²) < 4.78 is 15.5. The van der Waals surface area contributed by atoms with Gasteiger partial charge in [-0.2, -0.15) is 0 Å². The van der Waals surface area contributed by atoms with Gasteiger partial charge in [0.1, 0.15) is 5.76 Å². The molecule has 1 aromatic carbocycles. The molecule has 0 spiro atoms. The van der Waals surface area contributed by atoms with Gasteiger partial charge in [0, 0.05) is 6.07 Å². The first kappa shape index (κ1) is 14.4. The van der Waals surface area contributed by atoms with Gasteiger partial charge < -0.3 is 19.3 Å². The summed E-state index contributed by atoms with van der Waals surface area (Å²) >= 11 is 0. The lowest BCUT2D eigenvalue weighted by molar-refractivity contribution is -0.118. The topological polar surface area (TPSA) is 73.6 Å². The number of hydrogen-bond acceptors (Lipinski definition) is 5. The second-order valence-electron chi connectivity index (χ2n) is 5.43. The highest BCUT2D eigenvalue weighted by Gasteiger charge is 2.51. The fourth-order valence-electron chi connectivity index (χ4n) is 2.57. The number of amides is 1. The van der Waals surface area contributed by atoms with Gasteiger partial charge in [-0.25, -0.2) is 0 Å². The zero-order valence-corrected chi connectivity index (χ0v) is 12.8. The number of anilines is 1. The Morgan fingerprint density at radius 1 is 1.23 bits per heavy atom. The fraction of sp³-hybridized carbons (Fsp3) is 0.375. The number of aromatic nitrogens is 1. The fourth-order valence-corrected chi connectivity index (χ4v) is 2.57. The molecule has 1 saturated carbocycles. The van der Waals surface area contributed by atoms with Crippen molar-refractivity contribution >= 4 is 11.7 Å². The highest BCUT2D eigenvalue weighted by atomic mass is 16.5. The van der Waals surface area contributed by atoms with Gasteiger partial charge in [0.15, 0.2) is 17.3 Å². The molecular weight excluding hydrogens is 284 g/mol. The molecule has 2 aromatic rings. The van der Waals surface area contributed by atoms with Crippen molar-refractivity contribution in [2.24, 2.45) is 0 Å². The van der Waals surface area contributed by atoms with E-state index in [-0.39, 0.29) is 5.91 Å². The van der Waals surface area contributed by atoms with E-state index in [9.17, 15) is 4.79 Å². The smallest absolute Gasteiger partial charge is 0.236 e. The molecule has 1 aliphatic carbocycles. The lowest BCUT2D eigenvalue weighted by atomic mass is 9.94. The van der Waals surface area contributed by atoms with Gasteiger partial charge in [-0.05, 0) is 37.5 Å². The van der Waals surface area contributed by atoms with Gasteiger partial charge in [0.2, 0.25) is 5.91 Å². The van der Waals surface area contributed by atoms with E-state index < -0.39 is 5.41 Å². The predicted molar refractivity (Wildman–Crippen MR) is 80.3 cm³/mol. The van der Waals surface area contributed by atoms with Crippen LogP contribution in [0.5, 0.6) is 11.5 Å². The molecule has 1 aliphatic rings. The van der Waals surface area contributed by atoms with Gasteiger partial charge in [-0.1, -0.05) is 11.2 Å². The van der Waals surface area contributed by atoms with E-state index in [0.717, 1.165) is 18.4 Å². The van der Waals surface area contributed by atoms with Crippen LogP contribution < -0.4 is 14.8 Å². The second kappa shape index (κ2) is 5.36. The number of rotatable bonds is 5. The first-order chi connectivity index (χ1) is 10.6. The Bertz CT molecular complexity index is 704. The number of aryl methyl sites for hydroxylation is 1. The van der Waals surface area contributed by atoms with E-state index in [2.05, 4.69) is 10.5 Å². The van der Waals surface area contributed by atoms with Gasteiger partial charge in [0.05, 0.1) is 19.6 Å². The zero-order chi connectivity index (χ0) is 15.7. The lowest BCUT2D eigenvalue weighted by Gasteiger charge is -2.16. The molecule has 0 atom stereocenters. The van der Waals surface area contributed by atoms with Crippen molar-refractivity contribution in [2.45, 2.75) is 25.2 Å². The van der Waals surface area contributed by atoms with Crippen LogP contribution in [0.4, 0.5) is 5.82 Å². The molecule has 6 heteroatoms. The van der Waals surface area contributed by atoms with Crippen molar-refractivity contribution in [2.75, 3.05) is 19.5 Å². The van der Waals surface area contributed by atoms with Crippen LogP contribution in [0.1, 0.15) is 24.2 Å². The van der Waals surface area contributed by atoms with E-state index in [0.29, 0.717) is 23.1 Å². The lowest BCUT2D eigenvalue weighted by Crippen LogP contribution is -2.28. The number of nitrogens with one attached hydrogen (secondary N) is 1. The largest absolute Gasteiger partial charge is 0.493 e. The summed E-state index contributed by atoms with van der Waals surface area (Å²) in [5.74, 6) is 2.29. The third-order valence-corrected chi connectivity index (χ3v) is 3.99. The van der Waals surface area contributed by atoms with Gasteiger partial charge in [0.25, 0.3) is 0 Å². The monoisotopic (exact) mass is 302 g/mol. The number of methoxy groups -OCH3 is 2. The Hall–Kier alpha value is -2.50. The molecule has 6 nitrogen and oxygen atoms in total. The molecule has 1 aromatic heterocycles. The van der Waals surface area contributed by atoms with Crippen molar-refractivity contribution in [1.29, 1.82) is 0 Å². The van der Waals surface area contributed by atoms with E-state index in [1.54, 1.807) is 27.2 Å². The first-order valence-electron chi connectivity index (χ1n) is 7.06. The van der Waals surface area contributed by atoms with Crippen LogP contribution in [0.3, 0.4) is 0 Å². The summed E-state index contributed by atoms with van der Waals surface area (Å²) in [4.78, 5) is 12.6. The maximum absolute atomic E-state index is 12.6. The quantitative estimate of drug-likeness (QED) is 0.919. The molecule has 0 radical (unpaired) electrons. The summed E-state index contributed by atoms with van der Waals surface area (Å²) in [5.41, 5.74) is 0.398. The highest BCUT2D eigenvalue weighted by molar-refractivity contribution is 6.00. The maximum Gasteiger partial charge on any atom is 0.236 e. The van der Waals surface area contributed by atoms with Crippen LogP contribution >= 0.6 is 0 Å². The summed E-state index contributed by atoms with van der Waals surface area (Å²) in [6.07, 6.45) is 1.59. The third-order valence-electron chi connectivity index (χ3n) is 3.99. The number of benzene rings is 1. The van der Waals surface area contributed by atoms with Crippen molar-refractivity contribution in [1.82, 2.24) is 5.16 Å². The molecule has 1 N–H and O–H groups in total. The molecular formula is C16H18N2O4. The molecule has 116 valence electrons. The van der Waals surface area contributed by atoms with Crippen LogP contribution in [-0.2, 0) is 10.2 Å². The van der Waals surface area contributed by atoms with Crippen molar-refractivity contribution in [3.63, 3.8) is 0 Å². The molecule has 1 fully saturated rings. The maximum atomic E-state index is 12.6. The highest BCUT2D eigenvalue weighted by Crippen LogP contribution is 2.50. The molecule has 0 saturated heterocycles. The third kappa shape index (κ3) is 2.41. The average Bonchev–Trinajstić information content (AvgIpc) is 3.25. The molecule has 1 amide bonds. The minimum atomic E-state index is -0.521. The summed E-state index contributed by atoms with van der Waals surface area (Å²) in [6.45, 7) is 1.78. The predicted octanol–water partition coefficient (Wildman–Crippen LogP) is 2.67. The normalized spacial score (nSPS) is 15.2. The Labute approximate surface area is 128 Å². The van der Waals surface area contributed by atoms with Gasteiger partial charge in [-0.3, -0.25) is 4.79 Å². The average molecular weight is 302 g/mol. The molecule has 22 heavy (non-hydrogen) atoms. The van der Waals surface area contributed by atoms with Crippen LogP contribution in [0.2, 0.25) is 0 Å². The summed E-state index contributed by atoms with van der Waals surface area (Å²) in [6, 6.07) is 7.28. The van der Waals surface area contributed by atoms with Crippen LogP contribution in [0.25, 0.3) is 0 Å². The van der Waals surface area contributed by atoms with Gasteiger partial charge in [-0.15, -0.1) is 0 Å². The summed E-state index contributed by atoms with van der Waals surface area (Å²) in [7, 11) is 3.17. The zero-order valence-electron chi connectivity index (χ0n) is 12.8. The number of carbonyl (C=O) groups is 1. The molecule has 1 heterocycles. The van der Waals surface area contributed by atoms with E-state index in [1.165, 1.54) is 0 Å². The Kier molecular flexibility index (Phi) is 3.52.